The first-order valence-electron chi connectivity index (χ1n) is 5.77. The highest BCUT2D eigenvalue weighted by atomic mass is 32.2. The van der Waals surface area contributed by atoms with E-state index in [1.54, 1.807) is 6.07 Å². The fourth-order valence-corrected chi connectivity index (χ4v) is 1.96. The fraction of sp³-hybridized carbons (Fsp3) is 0.417. The Morgan fingerprint density at radius 1 is 1.58 bits per heavy atom. The SMILES string of the molecule is CC[C@H](CO)NC(=O)c1cc(SC)ccc1[N+](=O)[O-]. The molecule has 6 nitrogen and oxygen atoms in total. The second-order valence-electron chi connectivity index (χ2n) is 3.90. The largest absolute Gasteiger partial charge is 0.394 e. The van der Waals surface area contributed by atoms with Crippen molar-refractivity contribution in [2.75, 3.05) is 12.9 Å². The molecule has 2 N–H and O–H groups in total. The Morgan fingerprint density at radius 3 is 2.74 bits per heavy atom. The second-order valence-corrected chi connectivity index (χ2v) is 4.78. The molecule has 1 aromatic carbocycles. The first kappa shape index (κ1) is 15.5. The van der Waals surface area contributed by atoms with Crippen LogP contribution in [0.25, 0.3) is 0 Å². The third kappa shape index (κ3) is 3.93. The topological polar surface area (TPSA) is 92.5 Å². The van der Waals surface area contributed by atoms with E-state index >= 15 is 0 Å². The van der Waals surface area contributed by atoms with Crippen LogP contribution in [0.2, 0.25) is 0 Å². The van der Waals surface area contributed by atoms with Gasteiger partial charge in [0.15, 0.2) is 0 Å². The van der Waals surface area contributed by atoms with Gasteiger partial charge < -0.3 is 10.4 Å². The maximum absolute atomic E-state index is 12.0. The molecule has 0 aliphatic rings. The summed E-state index contributed by atoms with van der Waals surface area (Å²) in [5.41, 5.74) is -0.216. The molecule has 0 aliphatic carbocycles. The van der Waals surface area contributed by atoms with Crippen LogP contribution in [0.15, 0.2) is 23.1 Å². The van der Waals surface area contributed by atoms with Gasteiger partial charge in [-0.2, -0.15) is 0 Å². The van der Waals surface area contributed by atoms with Crippen LogP contribution in [0.1, 0.15) is 23.7 Å². The van der Waals surface area contributed by atoms with Gasteiger partial charge in [0.2, 0.25) is 0 Å². The van der Waals surface area contributed by atoms with Gasteiger partial charge >= 0.3 is 0 Å². The lowest BCUT2D eigenvalue weighted by atomic mass is 10.1. The third-order valence-corrected chi connectivity index (χ3v) is 3.42. The molecular weight excluding hydrogens is 268 g/mol. The van der Waals surface area contributed by atoms with Crippen molar-refractivity contribution >= 4 is 23.4 Å². The molecule has 0 bridgehead atoms. The molecule has 0 unspecified atom stereocenters. The van der Waals surface area contributed by atoms with Crippen LogP contribution in [0.3, 0.4) is 0 Å². The lowest BCUT2D eigenvalue weighted by Gasteiger charge is -2.14. The molecule has 0 aromatic heterocycles. The zero-order valence-electron chi connectivity index (χ0n) is 10.8. The average molecular weight is 284 g/mol. The standard InChI is InChI=1S/C12H16N2O4S/c1-3-8(7-15)13-12(16)10-6-9(19-2)4-5-11(10)14(17)18/h4-6,8,15H,3,7H2,1-2H3,(H,13,16)/t8-/m1/s1. The lowest BCUT2D eigenvalue weighted by Crippen LogP contribution is -2.37. The Labute approximate surface area is 115 Å². The smallest absolute Gasteiger partial charge is 0.282 e. The van der Waals surface area contributed by atoms with Gasteiger partial charge in [0, 0.05) is 11.0 Å². The summed E-state index contributed by atoms with van der Waals surface area (Å²) in [7, 11) is 0. The van der Waals surface area contributed by atoms with Crippen molar-refractivity contribution in [1.82, 2.24) is 5.32 Å². The number of amides is 1. The third-order valence-electron chi connectivity index (χ3n) is 2.69. The van der Waals surface area contributed by atoms with Crippen LogP contribution < -0.4 is 5.32 Å². The molecule has 1 aromatic rings. The summed E-state index contributed by atoms with van der Waals surface area (Å²) in [5.74, 6) is -0.538. The van der Waals surface area contributed by atoms with E-state index in [2.05, 4.69) is 5.32 Å². The number of benzene rings is 1. The van der Waals surface area contributed by atoms with Crippen molar-refractivity contribution in [3.63, 3.8) is 0 Å². The van der Waals surface area contributed by atoms with E-state index in [-0.39, 0.29) is 17.9 Å². The lowest BCUT2D eigenvalue weighted by molar-refractivity contribution is -0.385. The minimum absolute atomic E-state index is 0.0174. The Hall–Kier alpha value is -1.60. The Balaban J connectivity index is 3.08. The van der Waals surface area contributed by atoms with Gasteiger partial charge in [0.1, 0.15) is 5.56 Å². The molecule has 0 saturated carbocycles. The molecule has 0 spiro atoms. The van der Waals surface area contributed by atoms with Crippen molar-refractivity contribution in [1.29, 1.82) is 0 Å². The Kier molecular flexibility index (Phi) is 5.78. The van der Waals surface area contributed by atoms with E-state index in [1.165, 1.54) is 23.9 Å². The molecule has 0 saturated heterocycles. The summed E-state index contributed by atoms with van der Waals surface area (Å²) in [4.78, 5) is 23.1. The van der Waals surface area contributed by atoms with Crippen LogP contribution in [0.4, 0.5) is 5.69 Å². The van der Waals surface area contributed by atoms with Crippen LogP contribution in [0, 0.1) is 10.1 Å². The maximum atomic E-state index is 12.0. The zero-order valence-corrected chi connectivity index (χ0v) is 11.6. The van der Waals surface area contributed by atoms with Crippen molar-refractivity contribution < 1.29 is 14.8 Å². The van der Waals surface area contributed by atoms with Crippen LogP contribution >= 0.6 is 11.8 Å². The number of hydrogen-bond donors (Lipinski definition) is 2. The number of nitrogens with zero attached hydrogens (tertiary/aromatic N) is 1. The van der Waals surface area contributed by atoms with Crippen LogP contribution in [-0.2, 0) is 0 Å². The number of nitrogens with one attached hydrogen (secondary N) is 1. The van der Waals surface area contributed by atoms with Gasteiger partial charge in [-0.1, -0.05) is 6.92 Å². The summed E-state index contributed by atoms with van der Waals surface area (Å²) in [5, 5.41) is 22.5. The quantitative estimate of drug-likeness (QED) is 0.472. The summed E-state index contributed by atoms with van der Waals surface area (Å²) in [6.07, 6.45) is 2.38. The molecule has 19 heavy (non-hydrogen) atoms. The monoisotopic (exact) mass is 284 g/mol. The van der Waals surface area contributed by atoms with E-state index in [9.17, 15) is 14.9 Å². The number of nitro benzene ring substituents is 1. The predicted molar refractivity (Wildman–Crippen MR) is 73.5 cm³/mol. The summed E-state index contributed by atoms with van der Waals surface area (Å²) < 4.78 is 0. The maximum Gasteiger partial charge on any atom is 0.282 e. The van der Waals surface area contributed by atoms with Crippen LogP contribution in [-0.4, -0.2) is 34.8 Å². The molecule has 1 amide bonds. The first-order chi connectivity index (χ1) is 9.03. The molecule has 1 rings (SSSR count). The number of carbonyl (C=O) groups excluding carboxylic acids is 1. The van der Waals surface area contributed by atoms with Gasteiger partial charge in [0.25, 0.3) is 11.6 Å². The predicted octanol–water partition coefficient (Wildman–Crippen LogP) is 1.82. The highest BCUT2D eigenvalue weighted by Gasteiger charge is 2.22. The van der Waals surface area contributed by atoms with Crippen molar-refractivity contribution in [3.8, 4) is 0 Å². The Morgan fingerprint density at radius 2 is 2.26 bits per heavy atom. The molecular formula is C12H16N2O4S. The molecule has 0 radical (unpaired) electrons. The average Bonchev–Trinajstić information content (AvgIpc) is 2.43. The summed E-state index contributed by atoms with van der Waals surface area (Å²) in [6.45, 7) is 1.62. The van der Waals surface area contributed by atoms with E-state index < -0.39 is 16.9 Å². The number of thioether (sulfide) groups is 1. The highest BCUT2D eigenvalue weighted by Crippen LogP contribution is 2.24. The van der Waals surface area contributed by atoms with Gasteiger partial charge in [-0.15, -0.1) is 11.8 Å². The highest BCUT2D eigenvalue weighted by molar-refractivity contribution is 7.98. The van der Waals surface area contributed by atoms with Gasteiger partial charge in [-0.05, 0) is 24.8 Å². The minimum Gasteiger partial charge on any atom is -0.394 e. The normalized spacial score (nSPS) is 11.9. The second kappa shape index (κ2) is 7.10. The van der Waals surface area contributed by atoms with Crippen molar-refractivity contribution in [2.45, 2.75) is 24.3 Å². The summed E-state index contributed by atoms with van der Waals surface area (Å²) in [6, 6.07) is 4.01. The number of rotatable bonds is 6. The minimum atomic E-state index is -0.584. The van der Waals surface area contributed by atoms with Crippen LogP contribution in [0.5, 0.6) is 0 Å². The molecule has 7 heteroatoms. The molecule has 0 heterocycles. The molecule has 1 atom stereocenters. The van der Waals surface area contributed by atoms with Gasteiger partial charge in [-0.3, -0.25) is 14.9 Å². The Bertz CT molecular complexity index is 475. The van der Waals surface area contributed by atoms with Gasteiger partial charge in [-0.25, -0.2) is 0 Å². The van der Waals surface area contributed by atoms with E-state index in [1.807, 2.05) is 13.2 Å². The number of hydrogen-bond acceptors (Lipinski definition) is 5. The van der Waals surface area contributed by atoms with Crippen molar-refractivity contribution in [2.24, 2.45) is 0 Å². The summed E-state index contributed by atoms with van der Waals surface area (Å²) >= 11 is 1.40. The number of aliphatic hydroxyl groups excluding tert-OH is 1. The molecule has 0 aliphatic heterocycles. The van der Waals surface area contributed by atoms with Gasteiger partial charge in [0.05, 0.1) is 17.6 Å². The number of nitro groups is 1. The molecule has 0 fully saturated rings. The molecule has 104 valence electrons. The first-order valence-corrected chi connectivity index (χ1v) is 7.00. The van der Waals surface area contributed by atoms with E-state index in [0.717, 1.165) is 4.90 Å². The van der Waals surface area contributed by atoms with E-state index in [4.69, 9.17) is 5.11 Å². The fourth-order valence-electron chi connectivity index (χ4n) is 1.52. The zero-order chi connectivity index (χ0) is 14.4. The van der Waals surface area contributed by atoms with Crippen molar-refractivity contribution in [3.05, 3.63) is 33.9 Å². The number of carbonyl (C=O) groups is 1. The number of aliphatic hydroxyl groups is 1. The van der Waals surface area contributed by atoms with E-state index in [0.29, 0.717) is 6.42 Å².